The van der Waals surface area contributed by atoms with Crippen molar-refractivity contribution in [2.45, 2.75) is 6.42 Å². The van der Waals surface area contributed by atoms with Gasteiger partial charge in [-0.15, -0.1) is 0 Å². The topological polar surface area (TPSA) is 82.7 Å². The van der Waals surface area contributed by atoms with Gasteiger partial charge in [0.15, 0.2) is 0 Å². The Bertz CT molecular complexity index is 346. The van der Waals surface area contributed by atoms with Crippen molar-refractivity contribution in [1.82, 2.24) is 9.97 Å². The summed E-state index contributed by atoms with van der Waals surface area (Å²) in [6, 6.07) is 1.64. The Balaban J connectivity index is 2.91. The van der Waals surface area contributed by atoms with E-state index in [9.17, 15) is 0 Å². The summed E-state index contributed by atoms with van der Waals surface area (Å²) in [7, 11) is 4.78. The van der Waals surface area contributed by atoms with Crippen molar-refractivity contribution in [1.29, 1.82) is 0 Å². The molecule has 0 unspecified atom stereocenters. The minimum atomic E-state index is 0.469. The van der Waals surface area contributed by atoms with E-state index in [-0.39, 0.29) is 0 Å². The number of rotatable bonds is 9. The number of methoxy groups -OCH3 is 3. The van der Waals surface area contributed by atoms with E-state index in [1.54, 1.807) is 27.4 Å². The van der Waals surface area contributed by atoms with E-state index in [0.717, 1.165) is 13.0 Å². The highest BCUT2D eigenvalue weighted by molar-refractivity contribution is 5.36. The summed E-state index contributed by atoms with van der Waals surface area (Å²) >= 11 is 0. The van der Waals surface area contributed by atoms with Crippen molar-refractivity contribution in [3.8, 4) is 11.8 Å². The molecule has 0 aliphatic rings. The molecule has 0 saturated carbocycles. The second kappa shape index (κ2) is 8.49. The lowest BCUT2D eigenvalue weighted by Crippen LogP contribution is -2.31. The van der Waals surface area contributed by atoms with Crippen molar-refractivity contribution < 1.29 is 14.2 Å². The van der Waals surface area contributed by atoms with E-state index in [2.05, 4.69) is 9.97 Å². The molecule has 7 nitrogen and oxygen atoms in total. The van der Waals surface area contributed by atoms with E-state index in [1.165, 1.54) is 0 Å². The van der Waals surface area contributed by atoms with Gasteiger partial charge in [0.2, 0.25) is 17.7 Å². The predicted octanol–water partition coefficient (Wildman–Crippen LogP) is 0.295. The van der Waals surface area contributed by atoms with E-state index < -0.39 is 0 Å². The van der Waals surface area contributed by atoms with E-state index >= 15 is 0 Å². The lowest BCUT2D eigenvalue weighted by Gasteiger charge is -2.22. The number of ether oxygens (including phenoxy) is 3. The molecule has 0 aliphatic carbocycles. The van der Waals surface area contributed by atoms with E-state index in [0.29, 0.717) is 37.4 Å². The molecule has 0 aromatic carbocycles. The first kappa shape index (κ1) is 15.5. The maximum Gasteiger partial charge on any atom is 0.232 e. The van der Waals surface area contributed by atoms with Gasteiger partial charge < -0.3 is 24.8 Å². The second-order valence-corrected chi connectivity index (χ2v) is 3.87. The van der Waals surface area contributed by atoms with Gasteiger partial charge in [-0.05, 0) is 13.0 Å². The molecule has 1 heterocycles. The van der Waals surface area contributed by atoms with Gasteiger partial charge in [0.25, 0.3) is 0 Å². The fraction of sp³-hybridized carbons (Fsp3) is 0.667. The molecule has 19 heavy (non-hydrogen) atoms. The summed E-state index contributed by atoms with van der Waals surface area (Å²) in [6.45, 7) is 2.65. The van der Waals surface area contributed by atoms with Gasteiger partial charge in [0.05, 0.1) is 26.9 Å². The Morgan fingerprint density at radius 2 is 1.74 bits per heavy atom. The zero-order chi connectivity index (χ0) is 14.1. The normalized spacial score (nSPS) is 10.3. The Morgan fingerprint density at radius 1 is 1.11 bits per heavy atom. The lowest BCUT2D eigenvalue weighted by atomic mass is 10.4. The van der Waals surface area contributed by atoms with Crippen molar-refractivity contribution in [3.05, 3.63) is 6.07 Å². The smallest absolute Gasteiger partial charge is 0.232 e. The average Bonchev–Trinajstić information content (AvgIpc) is 2.46. The summed E-state index contributed by atoms with van der Waals surface area (Å²) in [6.07, 6.45) is 0.854. The number of anilines is 1. The SMILES string of the molecule is COCCN(CCCN)c1nc(OC)cc(OC)n1. The first-order chi connectivity index (χ1) is 9.24. The van der Waals surface area contributed by atoms with Crippen molar-refractivity contribution in [3.63, 3.8) is 0 Å². The minimum absolute atomic E-state index is 0.469. The van der Waals surface area contributed by atoms with Gasteiger partial charge in [-0.1, -0.05) is 0 Å². The van der Waals surface area contributed by atoms with Crippen LogP contribution in [0.4, 0.5) is 5.95 Å². The standard InChI is InChI=1S/C12H22N4O3/c1-17-8-7-16(6-4-5-13)12-14-10(18-2)9-11(15-12)19-3/h9H,4-8,13H2,1-3H3. The van der Waals surface area contributed by atoms with Crippen LogP contribution in [0.2, 0.25) is 0 Å². The summed E-state index contributed by atoms with van der Waals surface area (Å²) < 4.78 is 15.4. The van der Waals surface area contributed by atoms with E-state index in [4.69, 9.17) is 19.9 Å². The molecule has 0 aliphatic heterocycles. The number of nitrogens with two attached hydrogens (primary N) is 1. The van der Waals surface area contributed by atoms with E-state index in [1.807, 2.05) is 4.90 Å². The van der Waals surface area contributed by atoms with Gasteiger partial charge in [-0.2, -0.15) is 9.97 Å². The third-order valence-electron chi connectivity index (χ3n) is 2.57. The highest BCUT2D eigenvalue weighted by Crippen LogP contribution is 2.20. The summed E-state index contributed by atoms with van der Waals surface area (Å²) in [5.41, 5.74) is 5.55. The van der Waals surface area contributed by atoms with Crippen molar-refractivity contribution >= 4 is 5.95 Å². The molecular formula is C12H22N4O3. The molecular weight excluding hydrogens is 248 g/mol. The molecule has 108 valence electrons. The number of hydrogen-bond donors (Lipinski definition) is 1. The third-order valence-corrected chi connectivity index (χ3v) is 2.57. The van der Waals surface area contributed by atoms with Gasteiger partial charge in [0.1, 0.15) is 0 Å². The van der Waals surface area contributed by atoms with Gasteiger partial charge >= 0.3 is 0 Å². The van der Waals surface area contributed by atoms with Crippen LogP contribution in [0.3, 0.4) is 0 Å². The first-order valence-corrected chi connectivity index (χ1v) is 6.16. The zero-order valence-corrected chi connectivity index (χ0v) is 11.8. The number of aromatic nitrogens is 2. The molecule has 1 aromatic rings. The van der Waals surface area contributed by atoms with Crippen LogP contribution in [0, 0.1) is 0 Å². The van der Waals surface area contributed by atoms with Crippen molar-refractivity contribution in [2.75, 3.05) is 52.5 Å². The molecule has 1 aromatic heterocycles. The number of nitrogens with zero attached hydrogens (tertiary/aromatic N) is 3. The number of hydrogen-bond acceptors (Lipinski definition) is 7. The predicted molar refractivity (Wildman–Crippen MR) is 72.9 cm³/mol. The van der Waals surface area contributed by atoms with Crippen LogP contribution < -0.4 is 20.1 Å². The van der Waals surface area contributed by atoms with Crippen LogP contribution >= 0.6 is 0 Å². The third kappa shape index (κ3) is 4.88. The van der Waals surface area contributed by atoms with Crippen LogP contribution in [0.5, 0.6) is 11.8 Å². The highest BCUT2D eigenvalue weighted by Gasteiger charge is 2.12. The Labute approximate surface area is 113 Å². The van der Waals surface area contributed by atoms with Crippen LogP contribution in [0.25, 0.3) is 0 Å². The molecule has 0 amide bonds. The molecule has 0 spiro atoms. The van der Waals surface area contributed by atoms with Gasteiger partial charge in [0, 0.05) is 20.2 Å². The van der Waals surface area contributed by atoms with Gasteiger partial charge in [-0.25, -0.2) is 0 Å². The largest absolute Gasteiger partial charge is 0.481 e. The second-order valence-electron chi connectivity index (χ2n) is 3.87. The molecule has 1 rings (SSSR count). The molecule has 0 bridgehead atoms. The Morgan fingerprint density at radius 3 is 2.21 bits per heavy atom. The quantitative estimate of drug-likeness (QED) is 0.690. The summed E-state index contributed by atoms with van der Waals surface area (Å²) in [5.74, 6) is 1.50. The van der Waals surface area contributed by atoms with Gasteiger partial charge in [-0.3, -0.25) is 0 Å². The molecule has 0 atom stereocenters. The maximum absolute atomic E-state index is 5.55. The summed E-state index contributed by atoms with van der Waals surface area (Å²) in [4.78, 5) is 10.6. The lowest BCUT2D eigenvalue weighted by molar-refractivity contribution is 0.204. The first-order valence-electron chi connectivity index (χ1n) is 6.16. The van der Waals surface area contributed by atoms with Crippen molar-refractivity contribution in [2.24, 2.45) is 5.73 Å². The molecule has 0 saturated heterocycles. The molecule has 7 heteroatoms. The monoisotopic (exact) mass is 270 g/mol. The fourth-order valence-corrected chi connectivity index (χ4v) is 1.54. The molecule has 2 N–H and O–H groups in total. The zero-order valence-electron chi connectivity index (χ0n) is 11.8. The highest BCUT2D eigenvalue weighted by atomic mass is 16.5. The van der Waals surface area contributed by atoms with Crippen LogP contribution in [0.1, 0.15) is 6.42 Å². The Kier molecular flexibility index (Phi) is 6.91. The molecule has 0 fully saturated rings. The van der Waals surface area contributed by atoms with Crippen LogP contribution in [0.15, 0.2) is 6.07 Å². The van der Waals surface area contributed by atoms with Crippen LogP contribution in [-0.4, -0.2) is 57.5 Å². The van der Waals surface area contributed by atoms with Crippen LogP contribution in [-0.2, 0) is 4.74 Å². The summed E-state index contributed by atoms with van der Waals surface area (Å²) in [5, 5.41) is 0. The fourth-order valence-electron chi connectivity index (χ4n) is 1.54. The Hall–Kier alpha value is -1.60. The maximum atomic E-state index is 5.55. The average molecular weight is 270 g/mol. The molecule has 0 radical (unpaired) electrons. The minimum Gasteiger partial charge on any atom is -0.481 e.